The van der Waals surface area contributed by atoms with Crippen molar-refractivity contribution in [1.29, 1.82) is 0 Å². The van der Waals surface area contributed by atoms with Gasteiger partial charge in [0.05, 0.1) is 10.7 Å². The predicted molar refractivity (Wildman–Crippen MR) is 78.3 cm³/mol. The van der Waals surface area contributed by atoms with E-state index in [2.05, 4.69) is 4.90 Å². The molecule has 0 saturated heterocycles. The predicted octanol–water partition coefficient (Wildman–Crippen LogP) is 4.85. The van der Waals surface area contributed by atoms with E-state index < -0.39 is 0 Å². The monoisotopic (exact) mass is 305 g/mol. The molecule has 98 valence electrons. The first-order valence-corrected chi connectivity index (χ1v) is 7.14. The van der Waals surface area contributed by atoms with Crippen molar-refractivity contribution in [2.45, 2.75) is 19.8 Å². The van der Waals surface area contributed by atoms with E-state index in [0.717, 1.165) is 30.6 Å². The molecule has 0 bridgehead atoms. The Bertz CT molecular complexity index is 474. The molecule has 1 aliphatic rings. The highest BCUT2D eigenvalue weighted by Crippen LogP contribution is 2.44. The van der Waals surface area contributed by atoms with E-state index >= 15 is 0 Å². The summed E-state index contributed by atoms with van der Waals surface area (Å²) in [6.07, 6.45) is 5.17. The van der Waals surface area contributed by atoms with Crippen LogP contribution in [-0.4, -0.2) is 12.4 Å². The Balaban J connectivity index is 2.42. The van der Waals surface area contributed by atoms with Gasteiger partial charge in [-0.2, -0.15) is 0 Å². The maximum absolute atomic E-state index is 6.34. The van der Waals surface area contributed by atoms with Gasteiger partial charge in [0.25, 0.3) is 0 Å². The summed E-state index contributed by atoms with van der Waals surface area (Å²) < 4.78 is 5.52. The Kier molecular flexibility index (Phi) is 4.66. The van der Waals surface area contributed by atoms with Crippen molar-refractivity contribution in [3.8, 4) is 5.75 Å². The van der Waals surface area contributed by atoms with Gasteiger partial charge in [0.2, 0.25) is 0 Å². The lowest BCUT2D eigenvalue weighted by Crippen LogP contribution is -2.21. The van der Waals surface area contributed by atoms with Gasteiger partial charge in [0.1, 0.15) is 6.26 Å². The molecule has 1 heterocycles. The second-order valence-electron chi connectivity index (χ2n) is 3.99. The van der Waals surface area contributed by atoms with Crippen LogP contribution < -0.4 is 9.64 Å². The fraction of sp³-hybridized carbons (Fsp3) is 0.385. The van der Waals surface area contributed by atoms with E-state index in [0.29, 0.717) is 21.7 Å². The molecule has 1 aromatic carbocycles. The van der Waals surface area contributed by atoms with E-state index in [1.54, 1.807) is 6.26 Å². The quantitative estimate of drug-likeness (QED) is 0.737. The van der Waals surface area contributed by atoms with Gasteiger partial charge in [-0.05, 0) is 24.5 Å². The van der Waals surface area contributed by atoms with Gasteiger partial charge in [-0.3, -0.25) is 0 Å². The van der Waals surface area contributed by atoms with Crippen LogP contribution in [0.25, 0.3) is 0 Å². The number of benzene rings is 1. The van der Waals surface area contributed by atoms with Crippen LogP contribution in [0.5, 0.6) is 5.75 Å². The fourth-order valence-electron chi connectivity index (χ4n) is 1.95. The van der Waals surface area contributed by atoms with Gasteiger partial charge < -0.3 is 9.64 Å². The van der Waals surface area contributed by atoms with Crippen LogP contribution >= 0.6 is 34.8 Å². The smallest absolute Gasteiger partial charge is 0.169 e. The number of ether oxygens (including phenoxy) is 1. The molecule has 0 spiro atoms. The standard InChI is InChI=1S/C13H14Cl3NO/c1-2-9-10(15)8-11-13(12(9)16)18-7-6-17(11)5-3-4-14/h6-8H,2-5H2,1H3. The summed E-state index contributed by atoms with van der Waals surface area (Å²) in [6.45, 7) is 2.83. The highest BCUT2D eigenvalue weighted by atomic mass is 35.5. The second-order valence-corrected chi connectivity index (χ2v) is 5.15. The summed E-state index contributed by atoms with van der Waals surface area (Å²) in [7, 11) is 0. The van der Waals surface area contributed by atoms with E-state index in [1.165, 1.54) is 0 Å². The fourth-order valence-corrected chi connectivity index (χ4v) is 2.83. The molecule has 2 nitrogen and oxygen atoms in total. The minimum atomic E-state index is 0.597. The maximum Gasteiger partial charge on any atom is 0.169 e. The molecular weight excluding hydrogens is 293 g/mol. The third kappa shape index (κ3) is 2.56. The number of anilines is 1. The summed E-state index contributed by atoms with van der Waals surface area (Å²) in [6, 6.07) is 1.90. The molecule has 1 aliphatic heterocycles. The Morgan fingerprint density at radius 2 is 2.11 bits per heavy atom. The van der Waals surface area contributed by atoms with Crippen molar-refractivity contribution in [2.75, 3.05) is 17.3 Å². The summed E-state index contributed by atoms with van der Waals surface area (Å²) >= 11 is 18.3. The molecule has 0 amide bonds. The van der Waals surface area contributed by atoms with Crippen molar-refractivity contribution >= 4 is 40.5 Å². The van der Waals surface area contributed by atoms with Crippen molar-refractivity contribution in [1.82, 2.24) is 0 Å². The zero-order valence-corrected chi connectivity index (χ0v) is 12.3. The molecule has 0 unspecified atom stereocenters. The summed E-state index contributed by atoms with van der Waals surface area (Å²) in [5, 5.41) is 1.27. The molecule has 18 heavy (non-hydrogen) atoms. The average Bonchev–Trinajstić information content (AvgIpc) is 2.37. The van der Waals surface area contributed by atoms with Gasteiger partial charge in [-0.15, -0.1) is 11.6 Å². The first kappa shape index (κ1) is 13.9. The van der Waals surface area contributed by atoms with E-state index in [9.17, 15) is 0 Å². The van der Waals surface area contributed by atoms with Crippen LogP contribution in [0.15, 0.2) is 18.5 Å². The van der Waals surface area contributed by atoms with E-state index in [1.807, 2.05) is 19.2 Å². The maximum atomic E-state index is 6.34. The number of fused-ring (bicyclic) bond motifs is 1. The Labute approximate surface area is 122 Å². The number of hydrogen-bond acceptors (Lipinski definition) is 2. The van der Waals surface area contributed by atoms with Gasteiger partial charge >= 0.3 is 0 Å². The van der Waals surface area contributed by atoms with E-state index in [-0.39, 0.29) is 0 Å². The minimum absolute atomic E-state index is 0.597. The molecular formula is C13H14Cl3NO. The number of nitrogens with zero attached hydrogens (tertiary/aromatic N) is 1. The molecule has 0 N–H and O–H groups in total. The van der Waals surface area contributed by atoms with Crippen molar-refractivity contribution in [2.24, 2.45) is 0 Å². The zero-order valence-electron chi connectivity index (χ0n) is 10.0. The largest absolute Gasteiger partial charge is 0.460 e. The van der Waals surface area contributed by atoms with Crippen LogP contribution in [0.3, 0.4) is 0 Å². The number of halogens is 3. The Morgan fingerprint density at radius 1 is 1.33 bits per heavy atom. The molecule has 0 atom stereocenters. The van der Waals surface area contributed by atoms with Crippen LogP contribution in [0.2, 0.25) is 10.0 Å². The molecule has 2 rings (SSSR count). The van der Waals surface area contributed by atoms with Crippen LogP contribution in [0.4, 0.5) is 5.69 Å². The van der Waals surface area contributed by atoms with Gasteiger partial charge in [-0.25, -0.2) is 0 Å². The first-order valence-electron chi connectivity index (χ1n) is 5.85. The normalized spacial score (nSPS) is 13.4. The minimum Gasteiger partial charge on any atom is -0.460 e. The van der Waals surface area contributed by atoms with Gasteiger partial charge in [-0.1, -0.05) is 30.1 Å². The number of hydrogen-bond donors (Lipinski definition) is 0. The summed E-state index contributed by atoms with van der Waals surface area (Å²) in [5.41, 5.74) is 1.82. The molecule has 5 heteroatoms. The third-order valence-electron chi connectivity index (χ3n) is 2.87. The SMILES string of the molecule is CCc1c(Cl)cc2c(c1Cl)OC=CN2CCCCl. The molecule has 0 fully saturated rings. The first-order chi connectivity index (χ1) is 8.69. The second kappa shape index (κ2) is 6.05. The lowest BCUT2D eigenvalue weighted by Gasteiger charge is -2.27. The lowest BCUT2D eigenvalue weighted by molar-refractivity contribution is 0.468. The van der Waals surface area contributed by atoms with Gasteiger partial charge in [0.15, 0.2) is 5.75 Å². The molecule has 0 saturated carbocycles. The van der Waals surface area contributed by atoms with Crippen molar-refractivity contribution < 1.29 is 4.74 Å². The Morgan fingerprint density at radius 3 is 2.78 bits per heavy atom. The van der Waals surface area contributed by atoms with Crippen LogP contribution in [-0.2, 0) is 6.42 Å². The highest BCUT2D eigenvalue weighted by molar-refractivity contribution is 6.37. The summed E-state index contributed by atoms with van der Waals surface area (Å²) in [4.78, 5) is 2.05. The molecule has 0 aliphatic carbocycles. The molecule has 0 radical (unpaired) electrons. The molecule has 0 aromatic heterocycles. The van der Waals surface area contributed by atoms with Crippen LogP contribution in [0, 0.1) is 0 Å². The lowest BCUT2D eigenvalue weighted by atomic mass is 10.1. The Hall–Kier alpha value is -0.570. The van der Waals surface area contributed by atoms with Crippen LogP contribution in [0.1, 0.15) is 18.9 Å². The summed E-state index contributed by atoms with van der Waals surface area (Å²) in [5.74, 6) is 1.30. The number of alkyl halides is 1. The number of rotatable bonds is 4. The van der Waals surface area contributed by atoms with Crippen molar-refractivity contribution in [3.63, 3.8) is 0 Å². The van der Waals surface area contributed by atoms with Crippen molar-refractivity contribution in [3.05, 3.63) is 34.1 Å². The van der Waals surface area contributed by atoms with Gasteiger partial charge in [0, 0.05) is 23.6 Å². The zero-order chi connectivity index (χ0) is 13.1. The average molecular weight is 307 g/mol. The molecule has 1 aromatic rings. The highest BCUT2D eigenvalue weighted by Gasteiger charge is 2.21. The van der Waals surface area contributed by atoms with E-state index in [4.69, 9.17) is 39.5 Å². The topological polar surface area (TPSA) is 12.5 Å². The third-order valence-corrected chi connectivity index (χ3v) is 3.88.